The lowest BCUT2D eigenvalue weighted by Gasteiger charge is -2.32. The Hall–Kier alpha value is -2.04. The molecule has 1 unspecified atom stereocenters. The van der Waals surface area contributed by atoms with Gasteiger partial charge in [-0.05, 0) is 32.9 Å². The van der Waals surface area contributed by atoms with Crippen molar-refractivity contribution in [1.29, 1.82) is 0 Å². The third kappa shape index (κ3) is 6.36. The van der Waals surface area contributed by atoms with Gasteiger partial charge < -0.3 is 26.8 Å². The summed E-state index contributed by atoms with van der Waals surface area (Å²) >= 11 is 0. The van der Waals surface area contributed by atoms with Crippen LogP contribution in [0.3, 0.4) is 0 Å². The zero-order valence-electron chi connectivity index (χ0n) is 15.7. The van der Waals surface area contributed by atoms with Crippen molar-refractivity contribution in [2.75, 3.05) is 26.2 Å². The van der Waals surface area contributed by atoms with E-state index in [1.165, 1.54) is 4.90 Å². The summed E-state index contributed by atoms with van der Waals surface area (Å²) in [5.74, 6) is 0.303. The molecule has 4 nitrogen and oxygen atoms in total. The average Bonchev–Trinajstić information content (AvgIpc) is 2.66. The Morgan fingerprint density at radius 1 is 0.962 bits per heavy atom. The van der Waals surface area contributed by atoms with Crippen molar-refractivity contribution in [1.82, 2.24) is 0 Å². The Balaban J connectivity index is 0.00000338. The van der Waals surface area contributed by atoms with Gasteiger partial charge in [-0.2, -0.15) is 0 Å². The molecule has 0 radical (unpaired) electrons. The molecular formula is C21H28ClNO3. The monoisotopic (exact) mass is 377 g/mol. The second-order valence-electron chi connectivity index (χ2n) is 6.31. The minimum absolute atomic E-state index is 0. The maximum Gasteiger partial charge on any atom is 0.345 e. The van der Waals surface area contributed by atoms with Crippen LogP contribution < -0.4 is 22.0 Å². The molecule has 142 valence electrons. The van der Waals surface area contributed by atoms with E-state index in [2.05, 4.69) is 13.8 Å². The minimum Gasteiger partial charge on any atom is -1.00 e. The number of hydrogen-bond acceptors (Lipinski definition) is 3. The van der Waals surface area contributed by atoms with Crippen molar-refractivity contribution in [2.45, 2.75) is 26.4 Å². The first-order chi connectivity index (χ1) is 12.1. The Morgan fingerprint density at radius 3 is 2.04 bits per heavy atom. The molecule has 0 saturated heterocycles. The second kappa shape index (κ2) is 10.8. The van der Waals surface area contributed by atoms with E-state index < -0.39 is 5.60 Å². The summed E-state index contributed by atoms with van der Waals surface area (Å²) in [4.78, 5) is 13.8. The lowest BCUT2D eigenvalue weighted by Crippen LogP contribution is -3.13. The summed E-state index contributed by atoms with van der Waals surface area (Å²) in [5, 5.41) is 0. The van der Waals surface area contributed by atoms with Crippen LogP contribution in [0.15, 0.2) is 60.7 Å². The Labute approximate surface area is 162 Å². The van der Waals surface area contributed by atoms with Crippen LogP contribution in [0, 0.1) is 0 Å². The Morgan fingerprint density at radius 2 is 1.50 bits per heavy atom. The van der Waals surface area contributed by atoms with Crippen LogP contribution in [0.4, 0.5) is 0 Å². The number of para-hydroxylation sites is 1. The van der Waals surface area contributed by atoms with Crippen molar-refractivity contribution in [3.63, 3.8) is 0 Å². The summed E-state index contributed by atoms with van der Waals surface area (Å²) in [5.41, 5.74) is 0.321. The molecule has 0 aliphatic heterocycles. The second-order valence-corrected chi connectivity index (χ2v) is 6.31. The molecule has 1 atom stereocenters. The standard InChI is InChI=1S/C21H27NO3.ClH/c1-4-22(5-2)17-21(3,18-12-8-6-9-13-18)25-20(23)16-24-19-14-10-7-11-15-19;/h6-15H,4-5,16-17H2,1-3H3;1H. The molecule has 5 heteroatoms. The Bertz CT molecular complexity index is 647. The van der Waals surface area contributed by atoms with Gasteiger partial charge in [0.05, 0.1) is 13.1 Å². The zero-order chi connectivity index (χ0) is 18.1. The summed E-state index contributed by atoms with van der Waals surface area (Å²) in [7, 11) is 0. The highest BCUT2D eigenvalue weighted by atomic mass is 35.5. The molecule has 2 aromatic carbocycles. The van der Waals surface area contributed by atoms with Gasteiger partial charge in [0.25, 0.3) is 0 Å². The molecule has 0 amide bonds. The average molecular weight is 378 g/mol. The van der Waals surface area contributed by atoms with E-state index in [0.717, 1.165) is 25.2 Å². The molecule has 0 aliphatic rings. The first kappa shape index (κ1) is 22.0. The molecule has 0 bridgehead atoms. The van der Waals surface area contributed by atoms with Gasteiger partial charge >= 0.3 is 5.97 Å². The van der Waals surface area contributed by atoms with E-state index in [9.17, 15) is 4.79 Å². The number of hydrogen-bond donors (Lipinski definition) is 1. The van der Waals surface area contributed by atoms with Gasteiger partial charge in [-0.25, -0.2) is 4.79 Å². The molecule has 0 aromatic heterocycles. The van der Waals surface area contributed by atoms with Crippen molar-refractivity contribution < 1.29 is 31.6 Å². The number of benzene rings is 2. The number of nitrogens with one attached hydrogen (secondary N) is 1. The highest BCUT2D eigenvalue weighted by Crippen LogP contribution is 2.24. The zero-order valence-corrected chi connectivity index (χ0v) is 16.5. The van der Waals surface area contributed by atoms with Gasteiger partial charge in [-0.1, -0.05) is 48.5 Å². The highest BCUT2D eigenvalue weighted by molar-refractivity contribution is 5.71. The van der Waals surface area contributed by atoms with E-state index >= 15 is 0 Å². The van der Waals surface area contributed by atoms with Crippen molar-refractivity contribution in [2.24, 2.45) is 0 Å². The van der Waals surface area contributed by atoms with Crippen molar-refractivity contribution in [3.8, 4) is 5.75 Å². The highest BCUT2D eigenvalue weighted by Gasteiger charge is 2.35. The van der Waals surface area contributed by atoms with E-state index in [1.807, 2.05) is 67.6 Å². The first-order valence-corrected chi connectivity index (χ1v) is 8.86. The number of quaternary nitrogens is 1. The fourth-order valence-corrected chi connectivity index (χ4v) is 2.90. The van der Waals surface area contributed by atoms with E-state index in [0.29, 0.717) is 5.75 Å². The normalized spacial score (nSPS) is 12.8. The third-order valence-corrected chi connectivity index (χ3v) is 4.41. The van der Waals surface area contributed by atoms with Gasteiger partial charge in [-0.3, -0.25) is 0 Å². The van der Waals surface area contributed by atoms with Crippen LogP contribution in [-0.4, -0.2) is 32.2 Å². The van der Waals surface area contributed by atoms with E-state index in [1.54, 1.807) is 0 Å². The number of likely N-dealkylation sites (N-methyl/N-ethyl adjacent to an activating group) is 1. The summed E-state index contributed by atoms with van der Waals surface area (Å²) < 4.78 is 11.4. The molecule has 2 aromatic rings. The fourth-order valence-electron chi connectivity index (χ4n) is 2.90. The topological polar surface area (TPSA) is 40.0 Å². The van der Waals surface area contributed by atoms with Gasteiger partial charge in [-0.15, -0.1) is 0 Å². The van der Waals surface area contributed by atoms with Crippen LogP contribution in [-0.2, 0) is 15.1 Å². The minimum atomic E-state index is -0.681. The molecule has 0 spiro atoms. The molecular weight excluding hydrogens is 350 g/mol. The maximum atomic E-state index is 12.4. The lowest BCUT2D eigenvalue weighted by molar-refractivity contribution is -0.903. The summed E-state index contributed by atoms with van der Waals surface area (Å²) in [6.45, 7) is 8.86. The SMILES string of the molecule is CC[NH+](CC)CC(C)(OC(=O)COc1ccccc1)c1ccccc1.[Cl-]. The molecule has 0 fully saturated rings. The molecule has 2 rings (SSSR count). The molecule has 0 saturated carbocycles. The first-order valence-electron chi connectivity index (χ1n) is 8.86. The van der Waals surface area contributed by atoms with Crippen molar-refractivity contribution >= 4 is 5.97 Å². The largest absolute Gasteiger partial charge is 1.00 e. The van der Waals surface area contributed by atoms with Crippen LogP contribution in [0.5, 0.6) is 5.75 Å². The van der Waals surface area contributed by atoms with Crippen LogP contribution >= 0.6 is 0 Å². The number of ether oxygens (including phenoxy) is 2. The predicted octanol–water partition coefficient (Wildman–Crippen LogP) is -0.547. The number of esters is 1. The number of carbonyl (C=O) groups is 1. The van der Waals surface area contributed by atoms with E-state index in [-0.39, 0.29) is 25.0 Å². The van der Waals surface area contributed by atoms with E-state index in [4.69, 9.17) is 9.47 Å². The predicted molar refractivity (Wildman–Crippen MR) is 98.7 cm³/mol. The summed E-state index contributed by atoms with van der Waals surface area (Å²) in [6.07, 6.45) is 0. The number of carbonyl (C=O) groups excluding carboxylic acids is 1. The quantitative estimate of drug-likeness (QED) is 0.596. The number of halogens is 1. The lowest BCUT2D eigenvalue weighted by atomic mass is 9.95. The third-order valence-electron chi connectivity index (χ3n) is 4.41. The van der Waals surface area contributed by atoms with Crippen molar-refractivity contribution in [3.05, 3.63) is 66.2 Å². The van der Waals surface area contributed by atoms with Crippen LogP contribution in [0.2, 0.25) is 0 Å². The summed E-state index contributed by atoms with van der Waals surface area (Å²) in [6, 6.07) is 19.2. The van der Waals surface area contributed by atoms with Gasteiger partial charge in [0.15, 0.2) is 12.2 Å². The molecule has 0 heterocycles. The van der Waals surface area contributed by atoms with Crippen LogP contribution in [0.25, 0.3) is 0 Å². The smallest absolute Gasteiger partial charge is 0.345 e. The fraction of sp³-hybridized carbons (Fsp3) is 0.381. The molecule has 0 aliphatic carbocycles. The van der Waals surface area contributed by atoms with Crippen LogP contribution in [0.1, 0.15) is 26.3 Å². The van der Waals surface area contributed by atoms with Gasteiger partial charge in [0.1, 0.15) is 12.3 Å². The van der Waals surface area contributed by atoms with Gasteiger partial charge in [0, 0.05) is 5.56 Å². The van der Waals surface area contributed by atoms with Gasteiger partial charge in [0.2, 0.25) is 0 Å². The Kier molecular flexibility index (Phi) is 9.17. The number of rotatable bonds is 9. The molecule has 1 N–H and O–H groups in total. The maximum absolute atomic E-state index is 12.4. The molecule has 26 heavy (non-hydrogen) atoms.